The number of aromatic nitrogens is 4. The van der Waals surface area contributed by atoms with Gasteiger partial charge in [0.05, 0.1) is 16.8 Å². The maximum absolute atomic E-state index is 13.1. The molecule has 0 unspecified atom stereocenters. The van der Waals surface area contributed by atoms with Crippen molar-refractivity contribution in [3.63, 3.8) is 0 Å². The number of benzene rings is 1. The van der Waals surface area contributed by atoms with E-state index in [-0.39, 0.29) is 11.3 Å². The van der Waals surface area contributed by atoms with Crippen LogP contribution in [-0.4, -0.2) is 36.7 Å². The number of halogens is 3. The number of rotatable bonds is 4. The number of hydrogen-bond donors (Lipinski definition) is 2. The summed E-state index contributed by atoms with van der Waals surface area (Å²) in [4.78, 5) is 27.5. The second-order valence-corrected chi connectivity index (χ2v) is 5.72. The van der Waals surface area contributed by atoms with Gasteiger partial charge in [0.25, 0.3) is 5.91 Å². The Balaban J connectivity index is 1.91. The monoisotopic (exact) mass is 391 g/mol. The van der Waals surface area contributed by atoms with Crippen LogP contribution in [0.15, 0.2) is 43.0 Å². The summed E-state index contributed by atoms with van der Waals surface area (Å²) < 4.78 is 40.9. The molecule has 1 amide bonds. The van der Waals surface area contributed by atoms with Crippen molar-refractivity contribution in [2.24, 2.45) is 0 Å². The number of nitrogens with zero attached hydrogens (tertiary/aromatic N) is 4. The van der Waals surface area contributed by atoms with Gasteiger partial charge in [-0.15, -0.1) is 10.2 Å². The van der Waals surface area contributed by atoms with Crippen molar-refractivity contribution >= 4 is 17.6 Å². The van der Waals surface area contributed by atoms with Crippen LogP contribution < -0.4 is 5.32 Å². The lowest BCUT2D eigenvalue weighted by Gasteiger charge is -2.15. The first-order valence-electron chi connectivity index (χ1n) is 7.75. The molecule has 2 heterocycles. The Hall–Kier alpha value is -3.76. The van der Waals surface area contributed by atoms with Gasteiger partial charge in [-0.1, -0.05) is 0 Å². The van der Waals surface area contributed by atoms with Crippen molar-refractivity contribution in [2.75, 3.05) is 5.32 Å². The number of amides is 1. The standard InChI is InChI=1S/C17H12F3N5O3/c1-9-6-10(16(27)28)13(7-11(9)17(18,19)20)22-15(26)12-2-3-14(24-23-12)25-5-4-21-8-25/h2-8H,1H3,(H,22,26)(H,27,28). The van der Waals surface area contributed by atoms with E-state index < -0.39 is 34.9 Å². The molecule has 28 heavy (non-hydrogen) atoms. The minimum Gasteiger partial charge on any atom is -0.478 e. The fraction of sp³-hybridized carbons (Fsp3) is 0.118. The predicted octanol–water partition coefficient (Wildman–Crippen LogP) is 2.94. The molecular formula is C17H12F3N5O3. The Morgan fingerprint density at radius 1 is 1.18 bits per heavy atom. The second kappa shape index (κ2) is 7.10. The van der Waals surface area contributed by atoms with Gasteiger partial charge < -0.3 is 10.4 Å². The van der Waals surface area contributed by atoms with Crippen molar-refractivity contribution in [1.29, 1.82) is 0 Å². The van der Waals surface area contributed by atoms with E-state index in [2.05, 4.69) is 20.5 Å². The number of nitrogens with one attached hydrogen (secondary N) is 1. The molecule has 0 bridgehead atoms. The van der Waals surface area contributed by atoms with Gasteiger partial charge in [-0.25, -0.2) is 9.78 Å². The molecule has 11 heteroatoms. The average Bonchev–Trinajstić information content (AvgIpc) is 3.16. The largest absolute Gasteiger partial charge is 0.478 e. The van der Waals surface area contributed by atoms with Crippen LogP contribution in [-0.2, 0) is 6.18 Å². The molecule has 0 saturated heterocycles. The minimum absolute atomic E-state index is 0.200. The predicted molar refractivity (Wildman–Crippen MR) is 90.2 cm³/mol. The summed E-state index contributed by atoms with van der Waals surface area (Å²) in [5.74, 6) is -2.01. The van der Waals surface area contributed by atoms with Gasteiger partial charge in [0.15, 0.2) is 11.5 Å². The molecule has 2 aromatic heterocycles. The van der Waals surface area contributed by atoms with Crippen LogP contribution >= 0.6 is 0 Å². The van der Waals surface area contributed by atoms with Crippen LogP contribution in [0.3, 0.4) is 0 Å². The van der Waals surface area contributed by atoms with E-state index in [1.807, 2.05) is 0 Å². The van der Waals surface area contributed by atoms with Crippen LogP contribution in [0.4, 0.5) is 18.9 Å². The first-order chi connectivity index (χ1) is 13.2. The molecule has 2 N–H and O–H groups in total. The van der Waals surface area contributed by atoms with E-state index >= 15 is 0 Å². The van der Waals surface area contributed by atoms with Gasteiger partial charge >= 0.3 is 12.1 Å². The molecule has 0 aliphatic heterocycles. The van der Waals surface area contributed by atoms with Crippen LogP contribution in [0.1, 0.15) is 32.0 Å². The number of hydrogen-bond acceptors (Lipinski definition) is 5. The Labute approximate surface area is 155 Å². The third-order valence-corrected chi connectivity index (χ3v) is 3.80. The summed E-state index contributed by atoms with van der Waals surface area (Å²) in [6, 6.07) is 4.20. The Kier molecular flexibility index (Phi) is 4.82. The smallest absolute Gasteiger partial charge is 0.416 e. The Morgan fingerprint density at radius 3 is 2.46 bits per heavy atom. The number of carbonyl (C=O) groups excluding carboxylic acids is 1. The molecule has 0 saturated carbocycles. The highest BCUT2D eigenvalue weighted by Crippen LogP contribution is 2.35. The molecule has 0 atom stereocenters. The zero-order chi connectivity index (χ0) is 20.5. The highest BCUT2D eigenvalue weighted by atomic mass is 19.4. The fourth-order valence-corrected chi connectivity index (χ4v) is 2.46. The van der Waals surface area contributed by atoms with E-state index in [1.54, 1.807) is 6.20 Å². The number of carboxylic acids is 1. The van der Waals surface area contributed by atoms with Gasteiger partial charge in [0.1, 0.15) is 6.33 Å². The average molecular weight is 391 g/mol. The quantitative estimate of drug-likeness (QED) is 0.708. The molecule has 0 aliphatic carbocycles. The highest BCUT2D eigenvalue weighted by molar-refractivity contribution is 6.06. The van der Waals surface area contributed by atoms with Crippen LogP contribution in [0.5, 0.6) is 0 Å². The Bertz CT molecular complexity index is 1030. The van der Waals surface area contributed by atoms with E-state index in [0.717, 1.165) is 13.0 Å². The van der Waals surface area contributed by atoms with Gasteiger partial charge in [-0.3, -0.25) is 9.36 Å². The summed E-state index contributed by atoms with van der Waals surface area (Å²) in [7, 11) is 0. The number of alkyl halides is 3. The molecule has 3 rings (SSSR count). The molecule has 8 nitrogen and oxygen atoms in total. The van der Waals surface area contributed by atoms with E-state index in [9.17, 15) is 27.9 Å². The summed E-state index contributed by atoms with van der Waals surface area (Å²) >= 11 is 0. The lowest BCUT2D eigenvalue weighted by Crippen LogP contribution is -2.19. The summed E-state index contributed by atoms with van der Waals surface area (Å²) in [6.07, 6.45) is -0.111. The van der Waals surface area contributed by atoms with Crippen molar-refractivity contribution in [2.45, 2.75) is 13.1 Å². The maximum atomic E-state index is 13.1. The summed E-state index contributed by atoms with van der Waals surface area (Å²) in [5, 5.41) is 18.9. The molecule has 1 aromatic carbocycles. The van der Waals surface area contributed by atoms with E-state index in [1.165, 1.54) is 29.2 Å². The van der Waals surface area contributed by atoms with Crippen molar-refractivity contribution in [1.82, 2.24) is 19.7 Å². The number of carboxylic acid groups (broad SMARTS) is 1. The van der Waals surface area contributed by atoms with Crippen molar-refractivity contribution in [3.8, 4) is 5.82 Å². The molecule has 3 aromatic rings. The van der Waals surface area contributed by atoms with Gasteiger partial charge in [0, 0.05) is 12.4 Å². The van der Waals surface area contributed by atoms with Crippen molar-refractivity contribution < 1.29 is 27.9 Å². The van der Waals surface area contributed by atoms with E-state index in [4.69, 9.17) is 0 Å². The Morgan fingerprint density at radius 2 is 1.93 bits per heavy atom. The number of aryl methyl sites for hydroxylation is 1. The lowest BCUT2D eigenvalue weighted by atomic mass is 10.0. The van der Waals surface area contributed by atoms with E-state index in [0.29, 0.717) is 11.9 Å². The van der Waals surface area contributed by atoms with Crippen molar-refractivity contribution in [3.05, 3.63) is 65.4 Å². The zero-order valence-electron chi connectivity index (χ0n) is 14.2. The SMILES string of the molecule is Cc1cc(C(=O)O)c(NC(=O)c2ccc(-n3ccnc3)nn2)cc1C(F)(F)F. The van der Waals surface area contributed by atoms with Crippen LogP contribution in [0, 0.1) is 6.92 Å². The topological polar surface area (TPSA) is 110 Å². The minimum atomic E-state index is -4.70. The third-order valence-electron chi connectivity index (χ3n) is 3.80. The number of aromatic carboxylic acids is 1. The highest BCUT2D eigenvalue weighted by Gasteiger charge is 2.34. The third kappa shape index (κ3) is 3.82. The van der Waals surface area contributed by atoms with Gasteiger partial charge in [0.2, 0.25) is 0 Å². The molecule has 0 radical (unpaired) electrons. The zero-order valence-corrected chi connectivity index (χ0v) is 14.2. The summed E-state index contributed by atoms with van der Waals surface area (Å²) in [6.45, 7) is 1.14. The molecule has 0 aliphatic rings. The molecular weight excluding hydrogens is 379 g/mol. The van der Waals surface area contributed by atoms with Gasteiger partial charge in [-0.05, 0) is 36.8 Å². The number of imidazole rings is 1. The molecule has 144 valence electrons. The fourth-order valence-electron chi connectivity index (χ4n) is 2.46. The van der Waals surface area contributed by atoms with Crippen LogP contribution in [0.2, 0.25) is 0 Å². The first kappa shape index (κ1) is 19.0. The maximum Gasteiger partial charge on any atom is 0.416 e. The lowest BCUT2D eigenvalue weighted by molar-refractivity contribution is -0.138. The first-order valence-corrected chi connectivity index (χ1v) is 7.75. The van der Waals surface area contributed by atoms with Gasteiger partial charge in [-0.2, -0.15) is 13.2 Å². The second-order valence-electron chi connectivity index (χ2n) is 5.72. The normalized spacial score (nSPS) is 11.3. The number of carbonyl (C=O) groups is 2. The summed E-state index contributed by atoms with van der Waals surface area (Å²) in [5.41, 5.74) is -2.48. The van der Waals surface area contributed by atoms with Crippen LogP contribution in [0.25, 0.3) is 5.82 Å². The molecule has 0 fully saturated rings. The molecule has 0 spiro atoms. The number of anilines is 1.